The number of carbonyl (C=O) groups excluding carboxylic acids is 1. The average Bonchev–Trinajstić information content (AvgIpc) is 2.68. The van der Waals surface area contributed by atoms with Crippen LogP contribution in [0.25, 0.3) is 11.0 Å². The summed E-state index contributed by atoms with van der Waals surface area (Å²) in [5.74, 6) is 0.507. The van der Waals surface area contributed by atoms with Crippen molar-refractivity contribution >= 4 is 16.8 Å². The van der Waals surface area contributed by atoms with Crippen LogP contribution in [0.2, 0.25) is 0 Å². The van der Waals surface area contributed by atoms with Crippen LogP contribution in [0, 0.1) is 5.41 Å². The van der Waals surface area contributed by atoms with Crippen LogP contribution in [0.3, 0.4) is 0 Å². The Kier molecular flexibility index (Phi) is 2.82. The van der Waals surface area contributed by atoms with E-state index in [0.717, 1.165) is 17.4 Å². The van der Waals surface area contributed by atoms with Gasteiger partial charge >= 0.3 is 0 Å². The maximum Gasteiger partial charge on any atom is 0.203 e. The fourth-order valence-electron chi connectivity index (χ4n) is 1.79. The average molecular weight is 230 g/mol. The van der Waals surface area contributed by atoms with Crippen LogP contribution in [0.5, 0.6) is 0 Å². The molecule has 0 radical (unpaired) electrons. The number of rotatable bonds is 2. The van der Waals surface area contributed by atoms with Crippen molar-refractivity contribution in [3.05, 3.63) is 35.6 Å². The summed E-state index contributed by atoms with van der Waals surface area (Å²) >= 11 is 0. The lowest BCUT2D eigenvalue weighted by Crippen LogP contribution is -2.19. The Labute approximate surface area is 102 Å². The van der Waals surface area contributed by atoms with E-state index in [1.165, 1.54) is 5.56 Å². The normalized spacial score (nSPS) is 12.0. The number of furan rings is 1. The zero-order chi connectivity index (χ0) is 12.6. The quantitative estimate of drug-likeness (QED) is 0.723. The third kappa shape index (κ3) is 2.26. The second-order valence-corrected chi connectivity index (χ2v) is 5.42. The van der Waals surface area contributed by atoms with Crippen molar-refractivity contribution in [1.82, 2.24) is 0 Å². The van der Waals surface area contributed by atoms with Crippen molar-refractivity contribution in [3.8, 4) is 0 Å². The molecule has 1 aromatic heterocycles. The summed E-state index contributed by atoms with van der Waals surface area (Å²) in [5, 5.41) is 1.01. The van der Waals surface area contributed by atoms with Crippen LogP contribution >= 0.6 is 0 Å². The van der Waals surface area contributed by atoms with Crippen LogP contribution < -0.4 is 0 Å². The summed E-state index contributed by atoms with van der Waals surface area (Å²) in [5.41, 5.74) is 1.64. The van der Waals surface area contributed by atoms with Crippen LogP contribution in [0.4, 0.5) is 0 Å². The molecule has 0 bridgehead atoms. The predicted octanol–water partition coefficient (Wildman–Crippen LogP) is 4.22. The Morgan fingerprint density at radius 2 is 1.94 bits per heavy atom. The first-order chi connectivity index (χ1) is 7.91. The van der Waals surface area contributed by atoms with E-state index < -0.39 is 5.41 Å². The first-order valence-corrected chi connectivity index (χ1v) is 5.99. The van der Waals surface area contributed by atoms with E-state index in [1.807, 2.05) is 39.0 Å². The lowest BCUT2D eigenvalue weighted by Gasteiger charge is -2.13. The van der Waals surface area contributed by atoms with Gasteiger partial charge in [-0.15, -0.1) is 0 Å². The van der Waals surface area contributed by atoms with Crippen molar-refractivity contribution in [2.24, 2.45) is 5.41 Å². The lowest BCUT2D eigenvalue weighted by atomic mass is 9.89. The number of ketones is 1. The first kappa shape index (κ1) is 11.9. The second-order valence-electron chi connectivity index (χ2n) is 5.42. The maximum absolute atomic E-state index is 12.1. The van der Waals surface area contributed by atoms with Crippen molar-refractivity contribution < 1.29 is 9.21 Å². The lowest BCUT2D eigenvalue weighted by molar-refractivity contribution is 0.0831. The van der Waals surface area contributed by atoms with Crippen molar-refractivity contribution in [1.29, 1.82) is 0 Å². The summed E-state index contributed by atoms with van der Waals surface area (Å²) in [4.78, 5) is 12.1. The van der Waals surface area contributed by atoms with E-state index in [9.17, 15) is 4.79 Å². The Bertz CT molecular complexity index is 556. The molecule has 0 unspecified atom stereocenters. The van der Waals surface area contributed by atoms with E-state index in [0.29, 0.717) is 5.76 Å². The molecule has 0 aliphatic carbocycles. The summed E-state index contributed by atoms with van der Waals surface area (Å²) in [6.07, 6.45) is 0.990. The van der Waals surface area contributed by atoms with Crippen LogP contribution in [0.15, 0.2) is 28.7 Å². The molecule has 1 aromatic carbocycles. The van der Waals surface area contributed by atoms with Gasteiger partial charge in [0.15, 0.2) is 5.76 Å². The van der Waals surface area contributed by atoms with E-state index >= 15 is 0 Å². The monoisotopic (exact) mass is 230 g/mol. The molecule has 17 heavy (non-hydrogen) atoms. The Morgan fingerprint density at radius 3 is 2.53 bits per heavy atom. The first-order valence-electron chi connectivity index (χ1n) is 5.99. The molecule has 0 aliphatic rings. The molecule has 0 amide bonds. The summed E-state index contributed by atoms with van der Waals surface area (Å²) in [7, 11) is 0. The smallest absolute Gasteiger partial charge is 0.203 e. The molecule has 2 heteroatoms. The second kappa shape index (κ2) is 4.02. The SMILES string of the molecule is CCc1ccc2oc(C(=O)C(C)(C)C)cc2c1. The third-order valence-corrected chi connectivity index (χ3v) is 2.89. The molecule has 0 fully saturated rings. The van der Waals surface area contributed by atoms with E-state index in [-0.39, 0.29) is 5.78 Å². The minimum atomic E-state index is -0.401. The van der Waals surface area contributed by atoms with Crippen LogP contribution in [-0.4, -0.2) is 5.78 Å². The number of hydrogen-bond donors (Lipinski definition) is 0. The minimum Gasteiger partial charge on any atom is -0.453 e. The number of aryl methyl sites for hydroxylation is 1. The van der Waals surface area contributed by atoms with E-state index in [1.54, 1.807) is 0 Å². The van der Waals surface area contributed by atoms with Crippen molar-refractivity contribution in [2.45, 2.75) is 34.1 Å². The number of carbonyl (C=O) groups is 1. The molecule has 90 valence electrons. The van der Waals surface area contributed by atoms with E-state index in [4.69, 9.17) is 4.42 Å². The number of hydrogen-bond acceptors (Lipinski definition) is 2. The van der Waals surface area contributed by atoms with Crippen LogP contribution in [0.1, 0.15) is 43.8 Å². The van der Waals surface area contributed by atoms with Gasteiger partial charge in [-0.05, 0) is 30.2 Å². The zero-order valence-electron chi connectivity index (χ0n) is 10.8. The molecule has 1 heterocycles. The highest BCUT2D eigenvalue weighted by molar-refractivity contribution is 6.00. The highest BCUT2D eigenvalue weighted by Crippen LogP contribution is 2.26. The topological polar surface area (TPSA) is 30.2 Å². The Morgan fingerprint density at radius 1 is 1.24 bits per heavy atom. The number of fused-ring (bicyclic) bond motifs is 1. The summed E-state index contributed by atoms with van der Waals surface area (Å²) in [6, 6.07) is 7.91. The standard InChI is InChI=1S/C15H18O2/c1-5-10-6-7-12-11(8-10)9-13(17-12)14(16)15(2,3)4/h6-9H,5H2,1-4H3. The van der Waals surface area contributed by atoms with Crippen molar-refractivity contribution in [3.63, 3.8) is 0 Å². The third-order valence-electron chi connectivity index (χ3n) is 2.89. The number of benzene rings is 1. The molecule has 2 rings (SSSR count). The molecule has 0 N–H and O–H groups in total. The Hall–Kier alpha value is -1.57. The molecular weight excluding hydrogens is 212 g/mol. The number of Topliss-reactive ketones (excluding diaryl/α,β-unsaturated/α-hetero) is 1. The molecular formula is C15H18O2. The van der Waals surface area contributed by atoms with Gasteiger partial charge in [0.25, 0.3) is 0 Å². The largest absolute Gasteiger partial charge is 0.453 e. The predicted molar refractivity (Wildman–Crippen MR) is 69.4 cm³/mol. The van der Waals surface area contributed by atoms with Gasteiger partial charge in [-0.3, -0.25) is 4.79 Å². The van der Waals surface area contributed by atoms with Gasteiger partial charge in [0.2, 0.25) is 5.78 Å². The fourth-order valence-corrected chi connectivity index (χ4v) is 1.79. The molecule has 0 saturated carbocycles. The summed E-state index contributed by atoms with van der Waals surface area (Å²) in [6.45, 7) is 7.82. The van der Waals surface area contributed by atoms with Crippen molar-refractivity contribution in [2.75, 3.05) is 0 Å². The van der Waals surface area contributed by atoms with Gasteiger partial charge in [0.1, 0.15) is 5.58 Å². The van der Waals surface area contributed by atoms with E-state index in [2.05, 4.69) is 13.0 Å². The molecule has 0 spiro atoms. The van der Waals surface area contributed by atoms with Gasteiger partial charge in [-0.2, -0.15) is 0 Å². The van der Waals surface area contributed by atoms with Gasteiger partial charge in [-0.1, -0.05) is 33.8 Å². The molecule has 2 nitrogen and oxygen atoms in total. The fraction of sp³-hybridized carbons (Fsp3) is 0.400. The summed E-state index contributed by atoms with van der Waals surface area (Å²) < 4.78 is 5.61. The molecule has 0 saturated heterocycles. The highest BCUT2D eigenvalue weighted by Gasteiger charge is 2.26. The highest BCUT2D eigenvalue weighted by atomic mass is 16.3. The molecule has 0 aliphatic heterocycles. The van der Waals surface area contributed by atoms with Gasteiger partial charge in [0.05, 0.1) is 0 Å². The van der Waals surface area contributed by atoms with Gasteiger partial charge in [-0.25, -0.2) is 0 Å². The maximum atomic E-state index is 12.1. The molecule has 0 atom stereocenters. The van der Waals surface area contributed by atoms with Gasteiger partial charge < -0.3 is 4.42 Å². The van der Waals surface area contributed by atoms with Gasteiger partial charge in [0, 0.05) is 10.8 Å². The minimum absolute atomic E-state index is 0.0479. The zero-order valence-corrected chi connectivity index (χ0v) is 10.8. The Balaban J connectivity index is 2.48. The molecule has 2 aromatic rings. The van der Waals surface area contributed by atoms with Crippen LogP contribution in [-0.2, 0) is 6.42 Å².